The summed E-state index contributed by atoms with van der Waals surface area (Å²) in [5, 5.41) is 11.8. The van der Waals surface area contributed by atoms with Crippen LogP contribution >= 0.6 is 0 Å². The van der Waals surface area contributed by atoms with Crippen LogP contribution in [0, 0.1) is 10.1 Å². The SMILES string of the molecule is COC(=O)[C@H](Cn1ccc2ccccc21)N(C(=O)OCc1ccc([N+](=O)[O-])cc1)C(=O)OC(C)(C)C. The molecule has 0 radical (unpaired) electrons. The molecular weight excluding hydrogens is 470 g/mol. The second-order valence-electron chi connectivity index (χ2n) is 8.89. The molecule has 0 saturated carbocycles. The molecule has 11 heteroatoms. The summed E-state index contributed by atoms with van der Waals surface area (Å²) in [4.78, 5) is 50.0. The highest BCUT2D eigenvalue weighted by Crippen LogP contribution is 2.21. The van der Waals surface area contributed by atoms with Gasteiger partial charge in [-0.3, -0.25) is 10.1 Å². The lowest BCUT2D eigenvalue weighted by molar-refractivity contribution is -0.384. The number of rotatable bonds is 7. The Morgan fingerprint density at radius 1 is 1.03 bits per heavy atom. The molecule has 190 valence electrons. The number of hydrogen-bond acceptors (Lipinski definition) is 8. The number of methoxy groups -OCH3 is 1. The number of hydrogen-bond donors (Lipinski definition) is 0. The van der Waals surface area contributed by atoms with Crippen molar-refractivity contribution in [1.82, 2.24) is 9.47 Å². The fourth-order valence-corrected chi connectivity index (χ4v) is 3.45. The van der Waals surface area contributed by atoms with Gasteiger partial charge in [0.25, 0.3) is 5.69 Å². The molecule has 3 aromatic rings. The number of ether oxygens (including phenoxy) is 3. The fourth-order valence-electron chi connectivity index (χ4n) is 3.45. The zero-order valence-electron chi connectivity index (χ0n) is 20.4. The minimum atomic E-state index is -1.40. The summed E-state index contributed by atoms with van der Waals surface area (Å²) in [5.41, 5.74) is 0.151. The molecule has 36 heavy (non-hydrogen) atoms. The number of nitrogens with zero attached hydrogens (tertiary/aromatic N) is 3. The second-order valence-corrected chi connectivity index (χ2v) is 8.89. The number of para-hydroxylation sites is 1. The summed E-state index contributed by atoms with van der Waals surface area (Å²) in [6, 6.07) is 13.3. The molecule has 1 atom stereocenters. The quantitative estimate of drug-likeness (QED) is 0.199. The number of nitro groups is 1. The van der Waals surface area contributed by atoms with Crippen molar-refractivity contribution in [3.05, 3.63) is 76.5 Å². The summed E-state index contributed by atoms with van der Waals surface area (Å²) in [6.45, 7) is 4.47. The Hall–Kier alpha value is -4.41. The third-order valence-corrected chi connectivity index (χ3v) is 5.13. The normalized spacial score (nSPS) is 12.0. The molecule has 11 nitrogen and oxygen atoms in total. The van der Waals surface area contributed by atoms with Gasteiger partial charge in [0, 0.05) is 23.8 Å². The molecule has 0 saturated heterocycles. The highest BCUT2D eigenvalue weighted by atomic mass is 16.6. The Labute approximate surface area is 207 Å². The molecule has 3 rings (SSSR count). The Morgan fingerprint density at radius 3 is 2.31 bits per heavy atom. The van der Waals surface area contributed by atoms with E-state index in [1.165, 1.54) is 24.3 Å². The maximum absolute atomic E-state index is 13.2. The van der Waals surface area contributed by atoms with E-state index < -0.39 is 34.7 Å². The van der Waals surface area contributed by atoms with Gasteiger partial charge in [0.2, 0.25) is 0 Å². The van der Waals surface area contributed by atoms with Crippen LogP contribution in [0.3, 0.4) is 0 Å². The van der Waals surface area contributed by atoms with Crippen LogP contribution in [0.5, 0.6) is 0 Å². The average Bonchev–Trinajstić information content (AvgIpc) is 3.23. The first kappa shape index (κ1) is 26.2. The smallest absolute Gasteiger partial charge is 0.420 e. The first-order chi connectivity index (χ1) is 17.0. The van der Waals surface area contributed by atoms with Gasteiger partial charge in [0.15, 0.2) is 6.04 Å². The molecule has 2 aromatic carbocycles. The van der Waals surface area contributed by atoms with Crippen LogP contribution < -0.4 is 0 Å². The molecule has 0 N–H and O–H groups in total. The standard InChI is InChI=1S/C25H27N3O8/c1-25(2,3)36-24(31)27(23(30)35-16-17-9-11-19(12-10-17)28(32)33)21(22(29)34-4)15-26-14-13-18-7-5-6-8-20(18)26/h5-14,21H,15-16H2,1-4H3/t21-/m0/s1. The number of amides is 2. The molecule has 0 aliphatic rings. The van der Waals surface area contributed by atoms with Crippen molar-refractivity contribution < 1.29 is 33.5 Å². The van der Waals surface area contributed by atoms with Crippen LogP contribution in [-0.2, 0) is 32.2 Å². The van der Waals surface area contributed by atoms with Gasteiger partial charge in [-0.15, -0.1) is 0 Å². The molecule has 0 aliphatic carbocycles. The van der Waals surface area contributed by atoms with Crippen molar-refractivity contribution in [1.29, 1.82) is 0 Å². The Kier molecular flexibility index (Phi) is 7.93. The number of benzene rings is 2. The van der Waals surface area contributed by atoms with E-state index >= 15 is 0 Å². The molecular formula is C25H27N3O8. The number of carbonyl (C=O) groups is 3. The number of aromatic nitrogens is 1. The number of nitro benzene ring substituents is 1. The molecule has 0 aliphatic heterocycles. The molecule has 1 aromatic heterocycles. The largest absolute Gasteiger partial charge is 0.467 e. The maximum atomic E-state index is 13.2. The van der Waals surface area contributed by atoms with Crippen molar-refractivity contribution >= 4 is 34.7 Å². The van der Waals surface area contributed by atoms with Crippen molar-refractivity contribution in [2.75, 3.05) is 7.11 Å². The lowest BCUT2D eigenvalue weighted by atomic mass is 10.2. The first-order valence-electron chi connectivity index (χ1n) is 11.0. The minimum Gasteiger partial charge on any atom is -0.467 e. The van der Waals surface area contributed by atoms with Crippen LogP contribution in [0.15, 0.2) is 60.8 Å². The summed E-state index contributed by atoms with van der Waals surface area (Å²) in [5.74, 6) is -0.842. The van der Waals surface area contributed by atoms with Gasteiger partial charge in [-0.2, -0.15) is 4.90 Å². The Bertz CT molecular complexity index is 1260. The topological polar surface area (TPSA) is 130 Å². The zero-order valence-corrected chi connectivity index (χ0v) is 20.4. The van der Waals surface area contributed by atoms with E-state index in [2.05, 4.69) is 0 Å². The predicted molar refractivity (Wildman–Crippen MR) is 129 cm³/mol. The van der Waals surface area contributed by atoms with Gasteiger partial charge < -0.3 is 18.8 Å². The van der Waals surface area contributed by atoms with Gasteiger partial charge in [0.1, 0.15) is 12.2 Å². The number of esters is 1. The van der Waals surface area contributed by atoms with Crippen LogP contribution in [0.25, 0.3) is 10.9 Å². The van der Waals surface area contributed by atoms with Gasteiger partial charge in [-0.05, 0) is 56.0 Å². The second kappa shape index (κ2) is 10.9. The van der Waals surface area contributed by atoms with Crippen molar-refractivity contribution in [2.24, 2.45) is 0 Å². The van der Waals surface area contributed by atoms with Gasteiger partial charge >= 0.3 is 18.2 Å². The van der Waals surface area contributed by atoms with Gasteiger partial charge in [-0.25, -0.2) is 14.4 Å². The van der Waals surface area contributed by atoms with E-state index in [1.807, 2.05) is 30.3 Å². The van der Waals surface area contributed by atoms with E-state index in [-0.39, 0.29) is 18.8 Å². The monoisotopic (exact) mass is 497 g/mol. The lowest BCUT2D eigenvalue weighted by Gasteiger charge is -2.30. The summed E-state index contributed by atoms with van der Waals surface area (Å²) < 4.78 is 17.3. The number of non-ortho nitro benzene ring substituents is 1. The Balaban J connectivity index is 1.90. The van der Waals surface area contributed by atoms with Crippen molar-refractivity contribution in [3.63, 3.8) is 0 Å². The highest BCUT2D eigenvalue weighted by molar-refractivity contribution is 5.94. The fraction of sp³-hybridized carbons (Fsp3) is 0.320. The first-order valence-corrected chi connectivity index (χ1v) is 11.0. The Morgan fingerprint density at radius 2 is 1.69 bits per heavy atom. The molecule has 1 heterocycles. The average molecular weight is 498 g/mol. The third-order valence-electron chi connectivity index (χ3n) is 5.13. The van der Waals surface area contributed by atoms with Gasteiger partial charge in [-0.1, -0.05) is 18.2 Å². The van der Waals surface area contributed by atoms with E-state index in [9.17, 15) is 24.5 Å². The number of fused-ring (bicyclic) bond motifs is 1. The van der Waals surface area contributed by atoms with Gasteiger partial charge in [0.05, 0.1) is 18.6 Å². The number of imide groups is 1. The molecule has 2 amide bonds. The minimum absolute atomic E-state index is 0.105. The molecule has 0 unspecified atom stereocenters. The van der Waals surface area contributed by atoms with E-state index in [0.29, 0.717) is 10.5 Å². The summed E-state index contributed by atoms with van der Waals surface area (Å²) in [7, 11) is 1.15. The van der Waals surface area contributed by atoms with E-state index in [0.717, 1.165) is 18.0 Å². The predicted octanol–water partition coefficient (Wildman–Crippen LogP) is 4.67. The van der Waals surface area contributed by atoms with Crippen LogP contribution in [0.2, 0.25) is 0 Å². The highest BCUT2D eigenvalue weighted by Gasteiger charge is 2.40. The molecule has 0 spiro atoms. The molecule has 0 bridgehead atoms. The molecule has 0 fully saturated rings. The lowest BCUT2D eigenvalue weighted by Crippen LogP contribution is -2.52. The summed E-state index contributed by atoms with van der Waals surface area (Å²) >= 11 is 0. The van der Waals surface area contributed by atoms with E-state index in [4.69, 9.17) is 14.2 Å². The van der Waals surface area contributed by atoms with Crippen LogP contribution in [0.4, 0.5) is 15.3 Å². The zero-order chi connectivity index (χ0) is 26.5. The van der Waals surface area contributed by atoms with Crippen LogP contribution in [-0.4, -0.2) is 51.3 Å². The van der Waals surface area contributed by atoms with Crippen LogP contribution in [0.1, 0.15) is 26.3 Å². The summed E-state index contributed by atoms with van der Waals surface area (Å²) in [6.07, 6.45) is -0.478. The van der Waals surface area contributed by atoms with Crippen molar-refractivity contribution in [3.8, 4) is 0 Å². The van der Waals surface area contributed by atoms with Crippen molar-refractivity contribution in [2.45, 2.75) is 45.6 Å². The maximum Gasteiger partial charge on any atom is 0.420 e. The van der Waals surface area contributed by atoms with E-state index in [1.54, 1.807) is 31.5 Å². The number of carbonyl (C=O) groups excluding carboxylic acids is 3. The third kappa shape index (κ3) is 6.38.